The molecule has 3 fully saturated rings. The van der Waals surface area contributed by atoms with Crippen molar-refractivity contribution < 1.29 is 13.9 Å². The molecule has 2 aliphatic heterocycles. The normalized spacial score (nSPS) is 22.5. The lowest BCUT2D eigenvalue weighted by Crippen LogP contribution is -2.58. The average Bonchev–Trinajstić information content (AvgIpc) is 3.25. The van der Waals surface area contributed by atoms with E-state index in [-0.39, 0.29) is 11.5 Å². The number of anilines is 1. The van der Waals surface area contributed by atoms with Crippen LogP contribution < -0.4 is 4.90 Å². The quantitative estimate of drug-likeness (QED) is 0.658. The molecule has 2 saturated heterocycles. The zero-order valence-corrected chi connectivity index (χ0v) is 19.5. The maximum atomic E-state index is 14.1. The van der Waals surface area contributed by atoms with E-state index in [9.17, 15) is 9.18 Å². The Labute approximate surface area is 194 Å². The molecule has 0 bridgehead atoms. The van der Waals surface area contributed by atoms with Crippen molar-refractivity contribution in [3.8, 4) is 11.1 Å². The molecule has 2 aromatic rings. The minimum atomic E-state index is -0.454. The Morgan fingerprint density at radius 2 is 1.97 bits per heavy atom. The second-order valence-corrected chi connectivity index (χ2v) is 9.67. The molecule has 0 unspecified atom stereocenters. The molecule has 1 saturated carbocycles. The fourth-order valence-electron chi connectivity index (χ4n) is 5.70. The zero-order chi connectivity index (χ0) is 23.0. The molecule has 3 aliphatic rings. The summed E-state index contributed by atoms with van der Waals surface area (Å²) in [5, 5.41) is 0. The molecule has 7 nitrogen and oxygen atoms in total. The summed E-state index contributed by atoms with van der Waals surface area (Å²) in [4.78, 5) is 27.2. The highest BCUT2D eigenvalue weighted by Gasteiger charge is 2.51. The first kappa shape index (κ1) is 22.1. The highest BCUT2D eigenvalue weighted by Crippen LogP contribution is 2.47. The minimum absolute atomic E-state index is 0.178. The second kappa shape index (κ2) is 8.89. The van der Waals surface area contributed by atoms with Crippen LogP contribution in [0.4, 0.5) is 15.0 Å². The van der Waals surface area contributed by atoms with Crippen LogP contribution in [0.2, 0.25) is 0 Å². The summed E-state index contributed by atoms with van der Waals surface area (Å²) in [5.74, 6) is 0.248. The molecule has 4 heterocycles. The largest absolute Gasteiger partial charge is 0.450 e. The predicted molar refractivity (Wildman–Crippen MR) is 125 cm³/mol. The van der Waals surface area contributed by atoms with Crippen molar-refractivity contribution in [1.82, 2.24) is 19.8 Å². The van der Waals surface area contributed by atoms with Crippen LogP contribution in [0.3, 0.4) is 0 Å². The van der Waals surface area contributed by atoms with Gasteiger partial charge in [0.25, 0.3) is 0 Å². The van der Waals surface area contributed by atoms with Gasteiger partial charge >= 0.3 is 6.09 Å². The van der Waals surface area contributed by atoms with Crippen molar-refractivity contribution in [2.75, 3.05) is 50.8 Å². The lowest BCUT2D eigenvalue weighted by Gasteiger charge is -2.48. The van der Waals surface area contributed by atoms with Gasteiger partial charge < -0.3 is 14.5 Å². The topological polar surface area (TPSA) is 61.8 Å². The van der Waals surface area contributed by atoms with Gasteiger partial charge in [0.2, 0.25) is 5.95 Å². The van der Waals surface area contributed by atoms with Crippen molar-refractivity contribution in [2.45, 2.75) is 39.2 Å². The molecule has 0 N–H and O–H groups in total. The molecule has 1 amide bonds. The first-order valence-electron chi connectivity index (χ1n) is 12.0. The highest BCUT2D eigenvalue weighted by atomic mass is 19.1. The van der Waals surface area contributed by atoms with Crippen molar-refractivity contribution >= 4 is 11.9 Å². The van der Waals surface area contributed by atoms with E-state index in [0.29, 0.717) is 18.5 Å². The molecule has 1 spiro atoms. The van der Waals surface area contributed by atoms with Crippen LogP contribution in [-0.4, -0.2) is 77.8 Å². The molecule has 2 aromatic heterocycles. The maximum absolute atomic E-state index is 14.1. The molecule has 5 rings (SSSR count). The van der Waals surface area contributed by atoms with Gasteiger partial charge in [-0.2, -0.15) is 4.39 Å². The summed E-state index contributed by atoms with van der Waals surface area (Å²) in [7, 11) is 0. The third-order valence-electron chi connectivity index (χ3n) is 7.45. The van der Waals surface area contributed by atoms with Crippen molar-refractivity contribution in [2.24, 2.45) is 5.41 Å². The Balaban J connectivity index is 1.21. The van der Waals surface area contributed by atoms with Gasteiger partial charge in [0.15, 0.2) is 0 Å². The minimum Gasteiger partial charge on any atom is -0.450 e. The number of pyridine rings is 2. The summed E-state index contributed by atoms with van der Waals surface area (Å²) in [6, 6.07) is 7.78. The Bertz CT molecular complexity index is 1000. The van der Waals surface area contributed by atoms with Gasteiger partial charge in [0, 0.05) is 73.7 Å². The van der Waals surface area contributed by atoms with E-state index in [1.807, 2.05) is 43.1 Å². The first-order valence-corrected chi connectivity index (χ1v) is 12.0. The van der Waals surface area contributed by atoms with Crippen LogP contribution >= 0.6 is 0 Å². The van der Waals surface area contributed by atoms with Gasteiger partial charge in [-0.3, -0.25) is 9.88 Å². The average molecular weight is 454 g/mol. The van der Waals surface area contributed by atoms with Gasteiger partial charge in [-0.1, -0.05) is 6.07 Å². The van der Waals surface area contributed by atoms with Gasteiger partial charge in [-0.15, -0.1) is 0 Å². The number of rotatable bonds is 4. The van der Waals surface area contributed by atoms with E-state index in [4.69, 9.17) is 4.74 Å². The molecule has 8 heteroatoms. The maximum Gasteiger partial charge on any atom is 0.409 e. The van der Waals surface area contributed by atoms with E-state index in [2.05, 4.69) is 19.8 Å². The summed E-state index contributed by atoms with van der Waals surface area (Å²) in [5.41, 5.74) is 3.10. The SMILES string of the molecule is CCOC(=O)N1CC2(CC[C@@H](N3CCN(c4nc(F)ccc4-c4ccc(C)nc4)CC3)C2)C1. The number of likely N-dealkylation sites (tertiary alicyclic amines) is 1. The van der Waals surface area contributed by atoms with E-state index in [0.717, 1.165) is 62.5 Å². The lowest BCUT2D eigenvalue weighted by molar-refractivity contribution is -0.00294. The van der Waals surface area contributed by atoms with E-state index in [1.165, 1.54) is 18.9 Å². The smallest absolute Gasteiger partial charge is 0.409 e. The van der Waals surface area contributed by atoms with Crippen LogP contribution in [0.25, 0.3) is 11.1 Å². The number of aromatic nitrogens is 2. The number of aryl methyl sites for hydroxylation is 1. The molecule has 176 valence electrons. The van der Waals surface area contributed by atoms with Crippen molar-refractivity contribution in [1.29, 1.82) is 0 Å². The van der Waals surface area contributed by atoms with Crippen LogP contribution in [0, 0.1) is 18.3 Å². The van der Waals surface area contributed by atoms with Gasteiger partial charge in [0.05, 0.1) is 6.61 Å². The number of amides is 1. The number of hydrogen-bond acceptors (Lipinski definition) is 6. The third-order valence-corrected chi connectivity index (χ3v) is 7.45. The van der Waals surface area contributed by atoms with E-state index >= 15 is 0 Å². The Kier molecular flexibility index (Phi) is 5.95. The van der Waals surface area contributed by atoms with Gasteiger partial charge in [-0.05, 0) is 51.3 Å². The monoisotopic (exact) mass is 453 g/mol. The van der Waals surface area contributed by atoms with E-state index in [1.54, 1.807) is 0 Å². The zero-order valence-electron chi connectivity index (χ0n) is 19.5. The number of carbonyl (C=O) groups excluding carboxylic acids is 1. The Morgan fingerprint density at radius 1 is 1.18 bits per heavy atom. The Morgan fingerprint density at radius 3 is 2.67 bits per heavy atom. The number of ether oxygens (including phenoxy) is 1. The molecule has 0 aromatic carbocycles. The summed E-state index contributed by atoms with van der Waals surface area (Å²) in [6.07, 6.45) is 5.14. The fourth-order valence-corrected chi connectivity index (χ4v) is 5.70. The molecular formula is C25H32FN5O2. The standard InChI is InChI=1S/C25H32FN5O2/c1-3-33-24(32)31-16-25(17-31)9-8-20(14-25)29-10-12-30(13-11-29)23-21(6-7-22(26)28-23)19-5-4-18(2)27-15-19/h4-7,15,20H,3,8-14,16-17H2,1-2H3/t20-/m1/s1. The lowest BCUT2D eigenvalue weighted by atomic mass is 9.78. The Hall–Kier alpha value is -2.74. The molecule has 33 heavy (non-hydrogen) atoms. The third kappa shape index (κ3) is 4.40. The van der Waals surface area contributed by atoms with Crippen LogP contribution in [0.5, 0.6) is 0 Å². The molecule has 0 radical (unpaired) electrons. The van der Waals surface area contributed by atoms with Crippen molar-refractivity contribution in [3.63, 3.8) is 0 Å². The van der Waals surface area contributed by atoms with Crippen LogP contribution in [0.1, 0.15) is 31.9 Å². The second-order valence-electron chi connectivity index (χ2n) is 9.67. The molecular weight excluding hydrogens is 421 g/mol. The number of hydrogen-bond donors (Lipinski definition) is 0. The fraction of sp³-hybridized carbons (Fsp3) is 0.560. The van der Waals surface area contributed by atoms with Gasteiger partial charge in [-0.25, -0.2) is 9.78 Å². The predicted octanol–water partition coefficient (Wildman–Crippen LogP) is 3.72. The van der Waals surface area contributed by atoms with Gasteiger partial charge in [0.1, 0.15) is 5.82 Å². The summed E-state index contributed by atoms with van der Waals surface area (Å²) < 4.78 is 19.2. The summed E-state index contributed by atoms with van der Waals surface area (Å²) >= 11 is 0. The van der Waals surface area contributed by atoms with Crippen LogP contribution in [0.15, 0.2) is 30.5 Å². The molecule has 1 atom stereocenters. The first-order chi connectivity index (χ1) is 16.0. The number of nitrogens with zero attached hydrogens (tertiary/aromatic N) is 5. The highest BCUT2D eigenvalue weighted by molar-refractivity contribution is 5.75. The van der Waals surface area contributed by atoms with Crippen molar-refractivity contribution in [3.05, 3.63) is 42.1 Å². The van der Waals surface area contributed by atoms with Crippen LogP contribution in [-0.2, 0) is 4.74 Å². The number of piperazine rings is 1. The number of halogens is 1. The molecule has 1 aliphatic carbocycles. The summed E-state index contributed by atoms with van der Waals surface area (Å²) in [6.45, 7) is 9.39. The number of carbonyl (C=O) groups is 1. The van der Waals surface area contributed by atoms with E-state index < -0.39 is 5.95 Å².